The summed E-state index contributed by atoms with van der Waals surface area (Å²) < 4.78 is 0. The van der Waals surface area contributed by atoms with Crippen LogP contribution in [0.15, 0.2) is 0 Å². The molecule has 0 amide bonds. The van der Waals surface area contributed by atoms with Crippen LogP contribution >= 0.6 is 0 Å². The number of nitrogens with two attached hydrogens (primary N) is 1. The third kappa shape index (κ3) is 2.94. The molecule has 90 valence electrons. The van der Waals surface area contributed by atoms with Crippen molar-refractivity contribution < 1.29 is 5.11 Å². The summed E-state index contributed by atoms with van der Waals surface area (Å²) in [4.78, 5) is 0. The zero-order chi connectivity index (χ0) is 11.5. The van der Waals surface area contributed by atoms with Crippen LogP contribution in [0.4, 0.5) is 0 Å². The second-order valence-corrected chi connectivity index (χ2v) is 5.74. The summed E-state index contributed by atoms with van der Waals surface area (Å²) in [6.07, 6.45) is 5.79. The van der Waals surface area contributed by atoms with Gasteiger partial charge in [0.15, 0.2) is 0 Å². The maximum Gasteiger partial charge on any atom is 0.0613 e. The number of aliphatic hydroxyl groups excluding tert-OH is 1. The van der Waals surface area contributed by atoms with Crippen molar-refractivity contribution in [2.24, 2.45) is 23.0 Å². The van der Waals surface area contributed by atoms with Crippen LogP contribution in [0.25, 0.3) is 0 Å². The van der Waals surface area contributed by atoms with E-state index in [2.05, 4.69) is 20.8 Å². The van der Waals surface area contributed by atoms with Crippen LogP contribution in [0, 0.1) is 17.3 Å². The van der Waals surface area contributed by atoms with Gasteiger partial charge in [-0.15, -0.1) is 0 Å². The SMILES string of the molecule is CCC(CN)C(O)C1CCCCC1(C)C. The molecule has 1 aliphatic carbocycles. The molecule has 0 aromatic rings. The first-order valence-electron chi connectivity index (χ1n) is 6.41. The monoisotopic (exact) mass is 213 g/mol. The summed E-state index contributed by atoms with van der Waals surface area (Å²) in [6.45, 7) is 7.33. The largest absolute Gasteiger partial charge is 0.392 e. The molecule has 1 fully saturated rings. The first kappa shape index (κ1) is 13.0. The topological polar surface area (TPSA) is 46.2 Å². The zero-order valence-electron chi connectivity index (χ0n) is 10.5. The number of hydrogen-bond donors (Lipinski definition) is 2. The highest BCUT2D eigenvalue weighted by Gasteiger charge is 2.38. The quantitative estimate of drug-likeness (QED) is 0.754. The van der Waals surface area contributed by atoms with Crippen LogP contribution < -0.4 is 5.73 Å². The smallest absolute Gasteiger partial charge is 0.0613 e. The van der Waals surface area contributed by atoms with Gasteiger partial charge in [-0.3, -0.25) is 0 Å². The lowest BCUT2D eigenvalue weighted by Gasteiger charge is -2.43. The summed E-state index contributed by atoms with van der Waals surface area (Å²) in [7, 11) is 0. The number of rotatable bonds is 4. The molecule has 1 saturated carbocycles. The van der Waals surface area contributed by atoms with Crippen molar-refractivity contribution >= 4 is 0 Å². The lowest BCUT2D eigenvalue weighted by atomic mass is 9.64. The van der Waals surface area contributed by atoms with Crippen molar-refractivity contribution in [1.82, 2.24) is 0 Å². The molecule has 0 saturated heterocycles. The molecule has 15 heavy (non-hydrogen) atoms. The van der Waals surface area contributed by atoms with Crippen LogP contribution in [0.5, 0.6) is 0 Å². The van der Waals surface area contributed by atoms with E-state index in [-0.39, 0.29) is 12.0 Å². The fourth-order valence-corrected chi connectivity index (χ4v) is 3.03. The fraction of sp³-hybridized carbons (Fsp3) is 1.00. The van der Waals surface area contributed by atoms with Crippen LogP contribution in [0.2, 0.25) is 0 Å². The third-order valence-corrected chi connectivity index (χ3v) is 4.31. The van der Waals surface area contributed by atoms with Crippen molar-refractivity contribution in [3.63, 3.8) is 0 Å². The van der Waals surface area contributed by atoms with Gasteiger partial charge < -0.3 is 10.8 Å². The summed E-state index contributed by atoms with van der Waals surface area (Å²) in [5.41, 5.74) is 6.01. The molecule has 3 N–H and O–H groups in total. The van der Waals surface area contributed by atoms with E-state index in [0.29, 0.717) is 17.9 Å². The average Bonchev–Trinajstić information content (AvgIpc) is 2.18. The zero-order valence-corrected chi connectivity index (χ0v) is 10.5. The second kappa shape index (κ2) is 5.31. The fourth-order valence-electron chi connectivity index (χ4n) is 3.03. The molecular formula is C13H27NO. The van der Waals surface area contributed by atoms with Crippen LogP contribution in [0.1, 0.15) is 52.9 Å². The molecule has 3 unspecified atom stereocenters. The van der Waals surface area contributed by atoms with Crippen molar-refractivity contribution in [3.05, 3.63) is 0 Å². The summed E-state index contributed by atoms with van der Waals surface area (Å²) in [6, 6.07) is 0. The molecule has 0 heterocycles. The maximum atomic E-state index is 10.4. The molecule has 0 aliphatic heterocycles. The van der Waals surface area contributed by atoms with E-state index in [9.17, 15) is 5.11 Å². The van der Waals surface area contributed by atoms with Crippen molar-refractivity contribution in [2.45, 2.75) is 59.0 Å². The Hall–Kier alpha value is -0.0800. The average molecular weight is 213 g/mol. The number of aliphatic hydroxyl groups is 1. The van der Waals surface area contributed by atoms with E-state index >= 15 is 0 Å². The minimum atomic E-state index is -0.199. The molecule has 1 rings (SSSR count). The van der Waals surface area contributed by atoms with E-state index in [4.69, 9.17) is 5.73 Å². The molecule has 0 spiro atoms. The van der Waals surface area contributed by atoms with E-state index < -0.39 is 0 Å². The number of hydrogen-bond acceptors (Lipinski definition) is 2. The van der Waals surface area contributed by atoms with E-state index in [0.717, 1.165) is 6.42 Å². The van der Waals surface area contributed by atoms with Crippen LogP contribution in [0.3, 0.4) is 0 Å². The van der Waals surface area contributed by atoms with Gasteiger partial charge >= 0.3 is 0 Å². The molecule has 0 radical (unpaired) electrons. The standard InChI is InChI=1S/C13H27NO/c1-4-10(9-14)12(15)11-7-5-6-8-13(11,2)3/h10-12,15H,4-9,14H2,1-3H3. The Kier molecular flexibility index (Phi) is 4.60. The van der Waals surface area contributed by atoms with Crippen LogP contribution in [-0.2, 0) is 0 Å². The first-order valence-corrected chi connectivity index (χ1v) is 6.41. The summed E-state index contributed by atoms with van der Waals surface area (Å²) in [5, 5.41) is 10.4. The predicted molar refractivity (Wildman–Crippen MR) is 64.6 cm³/mol. The predicted octanol–water partition coefficient (Wildman–Crippen LogP) is 2.55. The Morgan fingerprint density at radius 2 is 2.07 bits per heavy atom. The minimum absolute atomic E-state index is 0.199. The van der Waals surface area contributed by atoms with Gasteiger partial charge in [0.05, 0.1) is 6.10 Å². The van der Waals surface area contributed by atoms with Crippen LogP contribution in [-0.4, -0.2) is 17.8 Å². The highest BCUT2D eigenvalue weighted by molar-refractivity contribution is 4.89. The van der Waals surface area contributed by atoms with E-state index in [1.165, 1.54) is 25.7 Å². The van der Waals surface area contributed by atoms with Gasteiger partial charge in [0.25, 0.3) is 0 Å². The molecule has 2 nitrogen and oxygen atoms in total. The Bertz CT molecular complexity index is 187. The van der Waals surface area contributed by atoms with Gasteiger partial charge in [0, 0.05) is 0 Å². The van der Waals surface area contributed by atoms with E-state index in [1.807, 2.05) is 0 Å². The third-order valence-electron chi connectivity index (χ3n) is 4.31. The van der Waals surface area contributed by atoms with Gasteiger partial charge in [-0.1, -0.05) is 33.6 Å². The summed E-state index contributed by atoms with van der Waals surface area (Å²) >= 11 is 0. The van der Waals surface area contributed by atoms with Crippen molar-refractivity contribution in [1.29, 1.82) is 0 Å². The maximum absolute atomic E-state index is 10.4. The first-order chi connectivity index (χ1) is 7.03. The highest BCUT2D eigenvalue weighted by Crippen LogP contribution is 2.43. The molecule has 0 bridgehead atoms. The van der Waals surface area contributed by atoms with Gasteiger partial charge in [-0.2, -0.15) is 0 Å². The Morgan fingerprint density at radius 1 is 1.40 bits per heavy atom. The van der Waals surface area contributed by atoms with E-state index in [1.54, 1.807) is 0 Å². The normalized spacial score (nSPS) is 29.8. The minimum Gasteiger partial charge on any atom is -0.392 e. The highest BCUT2D eigenvalue weighted by atomic mass is 16.3. The van der Waals surface area contributed by atoms with Gasteiger partial charge in [-0.25, -0.2) is 0 Å². The van der Waals surface area contributed by atoms with Gasteiger partial charge in [-0.05, 0) is 43.1 Å². The molecular weight excluding hydrogens is 186 g/mol. The molecule has 0 aromatic carbocycles. The van der Waals surface area contributed by atoms with Gasteiger partial charge in [0.2, 0.25) is 0 Å². The molecule has 2 heteroatoms. The van der Waals surface area contributed by atoms with Crippen molar-refractivity contribution in [3.8, 4) is 0 Å². The lowest BCUT2D eigenvalue weighted by Crippen LogP contribution is -2.42. The van der Waals surface area contributed by atoms with Gasteiger partial charge in [0.1, 0.15) is 0 Å². The molecule has 3 atom stereocenters. The Labute approximate surface area is 94.2 Å². The molecule has 1 aliphatic rings. The second-order valence-electron chi connectivity index (χ2n) is 5.74. The lowest BCUT2D eigenvalue weighted by molar-refractivity contribution is -0.0276. The van der Waals surface area contributed by atoms with Crippen molar-refractivity contribution in [2.75, 3.05) is 6.54 Å². The Balaban J connectivity index is 2.67. The Morgan fingerprint density at radius 3 is 2.53 bits per heavy atom. The molecule has 0 aromatic heterocycles. The summed E-state index contributed by atoms with van der Waals surface area (Å²) in [5.74, 6) is 0.729.